The van der Waals surface area contributed by atoms with Gasteiger partial charge in [0.05, 0.1) is 4.90 Å². The molecule has 0 spiro atoms. The van der Waals surface area contributed by atoms with Gasteiger partial charge < -0.3 is 5.32 Å². The van der Waals surface area contributed by atoms with Crippen molar-refractivity contribution >= 4 is 10.0 Å². The Morgan fingerprint density at radius 2 is 1.72 bits per heavy atom. The normalized spacial score (nSPS) is 12.6. The molecule has 0 aliphatic heterocycles. The van der Waals surface area contributed by atoms with Crippen LogP contribution in [-0.2, 0) is 23.1 Å². The summed E-state index contributed by atoms with van der Waals surface area (Å²) in [5.74, 6) is -0.415. The van der Waals surface area contributed by atoms with Gasteiger partial charge in [-0.15, -0.1) is 0 Å². The molecule has 2 aromatic carbocycles. The molecular formula is C19H25FN2O2S. The number of hydrogen-bond donors (Lipinski definition) is 1. The van der Waals surface area contributed by atoms with Crippen molar-refractivity contribution in [2.24, 2.45) is 0 Å². The van der Waals surface area contributed by atoms with Gasteiger partial charge >= 0.3 is 0 Å². The Hall–Kier alpha value is -1.76. The summed E-state index contributed by atoms with van der Waals surface area (Å²) >= 11 is 0. The van der Waals surface area contributed by atoms with Crippen LogP contribution < -0.4 is 5.32 Å². The van der Waals surface area contributed by atoms with Gasteiger partial charge in [0, 0.05) is 31.2 Å². The Morgan fingerprint density at radius 3 is 2.32 bits per heavy atom. The summed E-state index contributed by atoms with van der Waals surface area (Å²) in [5.41, 5.74) is 1.04. The maximum absolute atomic E-state index is 14.0. The van der Waals surface area contributed by atoms with E-state index in [1.54, 1.807) is 0 Å². The van der Waals surface area contributed by atoms with Crippen molar-refractivity contribution in [1.29, 1.82) is 0 Å². The second kappa shape index (κ2) is 7.64. The van der Waals surface area contributed by atoms with E-state index in [0.29, 0.717) is 5.56 Å². The fraction of sp³-hybridized carbons (Fsp3) is 0.368. The molecule has 25 heavy (non-hydrogen) atoms. The molecule has 0 atom stereocenters. The summed E-state index contributed by atoms with van der Waals surface area (Å²) in [6.07, 6.45) is 0. The lowest BCUT2D eigenvalue weighted by atomic mass is 10.1. The van der Waals surface area contributed by atoms with Gasteiger partial charge in [0.2, 0.25) is 10.0 Å². The highest BCUT2D eigenvalue weighted by Gasteiger charge is 2.22. The number of halogens is 1. The van der Waals surface area contributed by atoms with Crippen LogP contribution in [0.25, 0.3) is 0 Å². The van der Waals surface area contributed by atoms with Crippen molar-refractivity contribution < 1.29 is 12.8 Å². The number of nitrogens with zero attached hydrogens (tertiary/aromatic N) is 1. The Morgan fingerprint density at radius 1 is 1.08 bits per heavy atom. The van der Waals surface area contributed by atoms with Crippen molar-refractivity contribution in [2.45, 2.75) is 44.3 Å². The summed E-state index contributed by atoms with van der Waals surface area (Å²) in [5, 5.41) is 3.18. The molecule has 0 aliphatic carbocycles. The lowest BCUT2D eigenvalue weighted by Gasteiger charge is -2.21. The van der Waals surface area contributed by atoms with Crippen LogP contribution in [0.4, 0.5) is 4.39 Å². The van der Waals surface area contributed by atoms with Gasteiger partial charge in [0.25, 0.3) is 0 Å². The molecule has 136 valence electrons. The number of sulfonamides is 1. The first-order chi connectivity index (χ1) is 11.6. The molecule has 4 nitrogen and oxygen atoms in total. The first-order valence-corrected chi connectivity index (χ1v) is 9.57. The molecule has 2 rings (SSSR count). The van der Waals surface area contributed by atoms with E-state index >= 15 is 0 Å². The van der Waals surface area contributed by atoms with Crippen molar-refractivity contribution in [1.82, 2.24) is 9.62 Å². The highest BCUT2D eigenvalue weighted by Crippen LogP contribution is 2.20. The SMILES string of the molecule is CN(Cc1ccccc1)S(=O)(=O)c1ccc(F)c(CNC(C)(C)C)c1. The Kier molecular flexibility index (Phi) is 5.98. The molecule has 1 N–H and O–H groups in total. The minimum absolute atomic E-state index is 0.0954. The van der Waals surface area contributed by atoms with E-state index in [9.17, 15) is 12.8 Å². The summed E-state index contributed by atoms with van der Waals surface area (Å²) in [4.78, 5) is 0.0954. The summed E-state index contributed by atoms with van der Waals surface area (Å²) in [7, 11) is -2.16. The largest absolute Gasteiger partial charge is 0.308 e. The van der Waals surface area contributed by atoms with Crippen LogP contribution in [0.3, 0.4) is 0 Å². The fourth-order valence-electron chi connectivity index (χ4n) is 2.31. The number of rotatable bonds is 6. The minimum Gasteiger partial charge on any atom is -0.308 e. The second-order valence-corrected chi connectivity index (χ2v) is 9.15. The van der Waals surface area contributed by atoms with Crippen molar-refractivity contribution in [3.63, 3.8) is 0 Å². The number of benzene rings is 2. The van der Waals surface area contributed by atoms with Gasteiger partial charge in [0.1, 0.15) is 5.82 Å². The zero-order valence-corrected chi connectivity index (χ0v) is 15.9. The lowest BCUT2D eigenvalue weighted by Crippen LogP contribution is -2.35. The molecular weight excluding hydrogens is 339 g/mol. The molecule has 0 fully saturated rings. The molecule has 0 saturated heterocycles. The molecule has 0 aromatic heterocycles. The van der Waals surface area contributed by atoms with E-state index < -0.39 is 15.8 Å². The maximum atomic E-state index is 14.0. The minimum atomic E-state index is -3.69. The van der Waals surface area contributed by atoms with Gasteiger partial charge in [-0.25, -0.2) is 12.8 Å². The third-order valence-electron chi connectivity index (χ3n) is 3.78. The first-order valence-electron chi connectivity index (χ1n) is 8.13. The molecule has 0 aliphatic rings. The molecule has 0 heterocycles. The molecule has 0 radical (unpaired) electrons. The Labute approximate surface area is 149 Å². The number of hydrogen-bond acceptors (Lipinski definition) is 3. The quantitative estimate of drug-likeness (QED) is 0.853. The fourth-order valence-corrected chi connectivity index (χ4v) is 3.52. The van der Waals surface area contributed by atoms with Crippen LogP contribution >= 0.6 is 0 Å². The smallest absolute Gasteiger partial charge is 0.243 e. The number of nitrogens with one attached hydrogen (secondary N) is 1. The predicted molar refractivity (Wildman–Crippen MR) is 98.1 cm³/mol. The van der Waals surface area contributed by atoms with Crippen molar-refractivity contribution in [3.8, 4) is 0 Å². The molecule has 2 aromatic rings. The van der Waals surface area contributed by atoms with E-state index in [2.05, 4.69) is 5.32 Å². The monoisotopic (exact) mass is 364 g/mol. The summed E-state index contributed by atoms with van der Waals surface area (Å²) in [6.45, 7) is 6.44. The van der Waals surface area contributed by atoms with Crippen LogP contribution in [0, 0.1) is 5.82 Å². The highest BCUT2D eigenvalue weighted by atomic mass is 32.2. The summed E-state index contributed by atoms with van der Waals surface area (Å²) in [6, 6.07) is 13.3. The van der Waals surface area contributed by atoms with Crippen molar-refractivity contribution in [2.75, 3.05) is 7.05 Å². The first kappa shape index (κ1) is 19.6. The summed E-state index contributed by atoms with van der Waals surface area (Å²) < 4.78 is 40.9. The van der Waals surface area contributed by atoms with Crippen molar-refractivity contribution in [3.05, 3.63) is 65.5 Å². The molecule has 6 heteroatoms. The average Bonchev–Trinajstić information content (AvgIpc) is 2.54. The molecule has 0 saturated carbocycles. The van der Waals surface area contributed by atoms with Gasteiger partial charge in [-0.3, -0.25) is 0 Å². The van der Waals surface area contributed by atoms with E-state index in [1.165, 1.54) is 29.6 Å². The zero-order valence-electron chi connectivity index (χ0n) is 15.1. The third-order valence-corrected chi connectivity index (χ3v) is 5.58. The van der Waals surface area contributed by atoms with E-state index in [4.69, 9.17) is 0 Å². The van der Waals surface area contributed by atoms with Crippen LogP contribution in [0.15, 0.2) is 53.4 Å². The van der Waals surface area contributed by atoms with E-state index in [0.717, 1.165) is 5.56 Å². The highest BCUT2D eigenvalue weighted by molar-refractivity contribution is 7.89. The van der Waals surface area contributed by atoms with E-state index in [-0.39, 0.29) is 23.5 Å². The van der Waals surface area contributed by atoms with Gasteiger partial charge in [-0.2, -0.15) is 4.31 Å². The molecule has 0 amide bonds. The van der Waals surface area contributed by atoms with Crippen LogP contribution in [-0.4, -0.2) is 25.3 Å². The predicted octanol–water partition coefficient (Wildman–Crippen LogP) is 3.53. The van der Waals surface area contributed by atoms with Crippen LogP contribution in [0.1, 0.15) is 31.9 Å². The van der Waals surface area contributed by atoms with Gasteiger partial charge in [0.15, 0.2) is 0 Å². The second-order valence-electron chi connectivity index (χ2n) is 7.10. The van der Waals surface area contributed by atoms with Crippen LogP contribution in [0.5, 0.6) is 0 Å². The molecule has 0 unspecified atom stereocenters. The van der Waals surface area contributed by atoms with Gasteiger partial charge in [-0.05, 0) is 44.5 Å². The molecule has 0 bridgehead atoms. The standard InChI is InChI=1S/C19H25FN2O2S/c1-19(2,3)21-13-16-12-17(10-11-18(16)20)25(23,24)22(4)14-15-8-6-5-7-9-15/h5-12,21H,13-14H2,1-4H3. The topological polar surface area (TPSA) is 49.4 Å². The lowest BCUT2D eigenvalue weighted by molar-refractivity contribution is 0.418. The maximum Gasteiger partial charge on any atom is 0.243 e. The van der Waals surface area contributed by atoms with Gasteiger partial charge in [-0.1, -0.05) is 30.3 Å². The third kappa shape index (κ3) is 5.36. The zero-order chi connectivity index (χ0) is 18.7. The Balaban J connectivity index is 2.23. The van der Waals surface area contributed by atoms with E-state index in [1.807, 2.05) is 51.1 Å². The van der Waals surface area contributed by atoms with Crippen LogP contribution in [0.2, 0.25) is 0 Å². The Bertz CT molecular complexity index is 815. The average molecular weight is 364 g/mol.